The molecule has 5 heteroatoms. The van der Waals surface area contributed by atoms with Gasteiger partial charge in [0.05, 0.1) is 5.39 Å². The number of nitrogen functional groups attached to an aromatic ring is 1. The number of hydrogen-bond acceptors (Lipinski definition) is 4. The number of likely N-dealkylation sites (tertiary alicyclic amines) is 1. The second-order valence-electron chi connectivity index (χ2n) is 5.64. The van der Waals surface area contributed by atoms with E-state index < -0.39 is 0 Å². The van der Waals surface area contributed by atoms with Crippen molar-refractivity contribution in [1.82, 2.24) is 19.4 Å². The zero-order chi connectivity index (χ0) is 13.7. The molecule has 19 heavy (non-hydrogen) atoms. The van der Waals surface area contributed by atoms with E-state index in [-0.39, 0.29) is 0 Å². The summed E-state index contributed by atoms with van der Waals surface area (Å²) >= 11 is 0. The molecule has 1 aliphatic rings. The van der Waals surface area contributed by atoms with Crippen LogP contribution in [-0.4, -0.2) is 39.6 Å². The van der Waals surface area contributed by atoms with Crippen LogP contribution in [0.2, 0.25) is 0 Å². The molecular formula is C14H21N5. The van der Waals surface area contributed by atoms with Crippen molar-refractivity contribution in [3.05, 3.63) is 17.1 Å². The highest BCUT2D eigenvalue weighted by atomic mass is 15.2. The first-order valence-corrected chi connectivity index (χ1v) is 6.78. The monoisotopic (exact) mass is 259 g/mol. The first-order valence-electron chi connectivity index (χ1n) is 6.78. The molecular weight excluding hydrogens is 238 g/mol. The molecule has 2 N–H and O–H groups in total. The van der Waals surface area contributed by atoms with Gasteiger partial charge in [-0.2, -0.15) is 0 Å². The first kappa shape index (κ1) is 12.4. The van der Waals surface area contributed by atoms with Crippen LogP contribution in [0.3, 0.4) is 0 Å². The van der Waals surface area contributed by atoms with Gasteiger partial charge in [-0.3, -0.25) is 0 Å². The van der Waals surface area contributed by atoms with Crippen LogP contribution in [0.1, 0.15) is 29.5 Å². The van der Waals surface area contributed by atoms with E-state index in [4.69, 9.17) is 5.73 Å². The predicted octanol–water partition coefficient (Wildman–Crippen LogP) is 1.82. The SMILES string of the molecule is Cc1nc(N)c2c(C)c(C)n(C3CCN(C)C3)c2n1. The Balaban J connectivity index is 2.26. The van der Waals surface area contributed by atoms with Gasteiger partial charge in [-0.15, -0.1) is 0 Å². The van der Waals surface area contributed by atoms with Crippen LogP contribution >= 0.6 is 0 Å². The summed E-state index contributed by atoms with van der Waals surface area (Å²) in [6.45, 7) is 8.39. The van der Waals surface area contributed by atoms with Crippen molar-refractivity contribution < 1.29 is 0 Å². The molecule has 0 bridgehead atoms. The van der Waals surface area contributed by atoms with Crippen molar-refractivity contribution in [3.8, 4) is 0 Å². The molecule has 0 spiro atoms. The zero-order valence-corrected chi connectivity index (χ0v) is 12.1. The summed E-state index contributed by atoms with van der Waals surface area (Å²) in [5.41, 5.74) is 9.57. The minimum Gasteiger partial charge on any atom is -0.383 e. The third-order valence-electron chi connectivity index (χ3n) is 4.27. The molecule has 2 aromatic rings. The number of likely N-dealkylation sites (N-methyl/N-ethyl adjacent to an activating group) is 1. The molecule has 1 atom stereocenters. The van der Waals surface area contributed by atoms with Gasteiger partial charge in [0.15, 0.2) is 0 Å². The van der Waals surface area contributed by atoms with Crippen molar-refractivity contribution in [1.29, 1.82) is 0 Å². The zero-order valence-electron chi connectivity index (χ0n) is 12.1. The molecule has 0 aromatic carbocycles. The van der Waals surface area contributed by atoms with Crippen LogP contribution in [0, 0.1) is 20.8 Å². The molecule has 0 radical (unpaired) electrons. The van der Waals surface area contributed by atoms with Gasteiger partial charge in [-0.05, 0) is 46.3 Å². The lowest BCUT2D eigenvalue weighted by molar-refractivity contribution is 0.393. The topological polar surface area (TPSA) is 60.0 Å². The molecule has 0 saturated carbocycles. The van der Waals surface area contributed by atoms with E-state index in [0.717, 1.165) is 29.9 Å². The highest BCUT2D eigenvalue weighted by Gasteiger charge is 2.26. The smallest absolute Gasteiger partial charge is 0.146 e. The maximum absolute atomic E-state index is 6.09. The highest BCUT2D eigenvalue weighted by Crippen LogP contribution is 2.33. The minimum atomic E-state index is 0.495. The Morgan fingerprint density at radius 3 is 2.58 bits per heavy atom. The van der Waals surface area contributed by atoms with Gasteiger partial charge in [-0.25, -0.2) is 9.97 Å². The summed E-state index contributed by atoms with van der Waals surface area (Å²) in [4.78, 5) is 11.3. The summed E-state index contributed by atoms with van der Waals surface area (Å²) in [6, 6.07) is 0.495. The van der Waals surface area contributed by atoms with Crippen LogP contribution < -0.4 is 5.73 Å². The average Bonchev–Trinajstić information content (AvgIpc) is 2.83. The second-order valence-corrected chi connectivity index (χ2v) is 5.64. The Morgan fingerprint density at radius 1 is 1.21 bits per heavy atom. The Kier molecular flexibility index (Phi) is 2.74. The molecule has 0 amide bonds. The van der Waals surface area contributed by atoms with E-state index in [1.54, 1.807) is 0 Å². The average molecular weight is 259 g/mol. The van der Waals surface area contributed by atoms with Crippen molar-refractivity contribution >= 4 is 16.9 Å². The summed E-state index contributed by atoms with van der Waals surface area (Å²) in [5.74, 6) is 1.35. The number of aromatic nitrogens is 3. The van der Waals surface area contributed by atoms with E-state index in [0.29, 0.717) is 11.9 Å². The fourth-order valence-corrected chi connectivity index (χ4v) is 3.20. The first-order chi connectivity index (χ1) is 8.99. The van der Waals surface area contributed by atoms with Gasteiger partial charge in [-0.1, -0.05) is 0 Å². The summed E-state index contributed by atoms with van der Waals surface area (Å²) in [7, 11) is 2.17. The Bertz CT molecular complexity index is 643. The number of aryl methyl sites for hydroxylation is 2. The maximum atomic E-state index is 6.09. The predicted molar refractivity (Wildman–Crippen MR) is 77.3 cm³/mol. The lowest BCUT2D eigenvalue weighted by Crippen LogP contribution is -2.17. The Hall–Kier alpha value is -1.62. The molecule has 1 unspecified atom stereocenters. The van der Waals surface area contributed by atoms with Crippen LogP contribution in [0.4, 0.5) is 5.82 Å². The van der Waals surface area contributed by atoms with Crippen molar-refractivity contribution in [2.24, 2.45) is 0 Å². The van der Waals surface area contributed by atoms with Gasteiger partial charge in [0.1, 0.15) is 17.3 Å². The molecule has 102 valence electrons. The number of nitrogens with zero attached hydrogens (tertiary/aromatic N) is 4. The van der Waals surface area contributed by atoms with Crippen LogP contribution in [0.25, 0.3) is 11.0 Å². The van der Waals surface area contributed by atoms with E-state index >= 15 is 0 Å². The number of nitrogens with two attached hydrogens (primary N) is 1. The number of hydrogen-bond donors (Lipinski definition) is 1. The van der Waals surface area contributed by atoms with E-state index in [1.807, 2.05) is 6.92 Å². The molecule has 3 heterocycles. The van der Waals surface area contributed by atoms with E-state index in [9.17, 15) is 0 Å². The lowest BCUT2D eigenvalue weighted by atomic mass is 10.2. The van der Waals surface area contributed by atoms with Crippen LogP contribution in [-0.2, 0) is 0 Å². The Labute approximate surface area is 113 Å². The molecule has 1 aliphatic heterocycles. The van der Waals surface area contributed by atoms with Crippen LogP contribution in [0.5, 0.6) is 0 Å². The molecule has 1 fully saturated rings. The number of fused-ring (bicyclic) bond motifs is 1. The van der Waals surface area contributed by atoms with Gasteiger partial charge < -0.3 is 15.2 Å². The minimum absolute atomic E-state index is 0.495. The highest BCUT2D eigenvalue weighted by molar-refractivity contribution is 5.91. The van der Waals surface area contributed by atoms with E-state index in [1.165, 1.54) is 17.7 Å². The quantitative estimate of drug-likeness (QED) is 0.848. The molecule has 1 saturated heterocycles. The molecule has 3 rings (SSSR count). The van der Waals surface area contributed by atoms with Crippen molar-refractivity contribution in [2.45, 2.75) is 33.2 Å². The number of anilines is 1. The fourth-order valence-electron chi connectivity index (χ4n) is 3.20. The summed E-state index contributed by atoms with van der Waals surface area (Å²) < 4.78 is 2.36. The van der Waals surface area contributed by atoms with Gasteiger partial charge in [0, 0.05) is 18.3 Å². The second kappa shape index (κ2) is 4.20. The van der Waals surface area contributed by atoms with Crippen molar-refractivity contribution in [3.63, 3.8) is 0 Å². The van der Waals surface area contributed by atoms with Gasteiger partial charge >= 0.3 is 0 Å². The molecule has 2 aromatic heterocycles. The van der Waals surface area contributed by atoms with E-state index in [2.05, 4.69) is 40.3 Å². The maximum Gasteiger partial charge on any atom is 0.146 e. The van der Waals surface area contributed by atoms with Crippen molar-refractivity contribution in [2.75, 3.05) is 25.9 Å². The van der Waals surface area contributed by atoms with Gasteiger partial charge in [0.2, 0.25) is 0 Å². The molecule has 0 aliphatic carbocycles. The summed E-state index contributed by atoms with van der Waals surface area (Å²) in [6.07, 6.45) is 1.17. The largest absolute Gasteiger partial charge is 0.383 e. The number of rotatable bonds is 1. The lowest BCUT2D eigenvalue weighted by Gasteiger charge is -2.16. The molecule has 5 nitrogen and oxygen atoms in total. The third-order valence-corrected chi connectivity index (χ3v) is 4.27. The van der Waals surface area contributed by atoms with Gasteiger partial charge in [0.25, 0.3) is 0 Å². The normalized spacial score (nSPS) is 20.5. The fraction of sp³-hybridized carbons (Fsp3) is 0.571. The third kappa shape index (κ3) is 1.80. The summed E-state index contributed by atoms with van der Waals surface area (Å²) in [5, 5.41) is 1.03. The van der Waals surface area contributed by atoms with Crippen LogP contribution in [0.15, 0.2) is 0 Å². The Morgan fingerprint density at radius 2 is 1.95 bits per heavy atom. The standard InChI is InChI=1S/C14H21N5/c1-8-9(2)19(11-5-6-18(4)7-11)14-12(8)13(15)16-10(3)17-14/h11H,5-7H2,1-4H3,(H2,15,16,17).